The fraction of sp³-hybridized carbons (Fsp3) is 0.520. The minimum Gasteiger partial charge on any atom is -0.452 e. The van der Waals surface area contributed by atoms with Crippen LogP contribution in [0.15, 0.2) is 24.3 Å². The van der Waals surface area contributed by atoms with E-state index >= 15 is 0 Å². The topological polar surface area (TPSA) is 18.5 Å². The zero-order valence-electron chi connectivity index (χ0n) is 18.0. The van der Waals surface area contributed by atoms with E-state index in [0.717, 1.165) is 24.3 Å². The van der Waals surface area contributed by atoms with Crippen molar-refractivity contribution in [2.75, 3.05) is 0 Å². The Bertz CT molecular complexity index is 936. The van der Waals surface area contributed by atoms with Crippen LogP contribution in [0.25, 0.3) is 0 Å². The maximum Gasteiger partial charge on any atom is 0.252 e. The van der Waals surface area contributed by atoms with E-state index < -0.39 is 5.79 Å². The minimum absolute atomic E-state index is 0.000627. The van der Waals surface area contributed by atoms with Gasteiger partial charge in [-0.2, -0.15) is 0 Å². The van der Waals surface area contributed by atoms with E-state index in [4.69, 9.17) is 9.47 Å². The molecule has 0 saturated heterocycles. The lowest BCUT2D eigenvalue weighted by Crippen LogP contribution is -2.55. The van der Waals surface area contributed by atoms with Crippen molar-refractivity contribution in [1.82, 2.24) is 0 Å². The molecule has 4 rings (SSSR count). The van der Waals surface area contributed by atoms with Gasteiger partial charge in [0.15, 0.2) is 0 Å². The Kier molecular flexibility index (Phi) is 3.77. The van der Waals surface area contributed by atoms with Crippen LogP contribution in [0.1, 0.15) is 73.9 Å². The molecule has 144 valence electrons. The van der Waals surface area contributed by atoms with Crippen molar-refractivity contribution in [3.8, 4) is 11.5 Å². The Morgan fingerprint density at radius 1 is 0.704 bits per heavy atom. The van der Waals surface area contributed by atoms with Gasteiger partial charge < -0.3 is 9.47 Å². The Labute approximate surface area is 163 Å². The summed E-state index contributed by atoms with van der Waals surface area (Å²) >= 11 is 0. The minimum atomic E-state index is -0.618. The second-order valence-corrected chi connectivity index (χ2v) is 10.1. The summed E-state index contributed by atoms with van der Waals surface area (Å²) in [6, 6.07) is 8.95. The summed E-state index contributed by atoms with van der Waals surface area (Å²) in [4.78, 5) is 0. The van der Waals surface area contributed by atoms with Crippen LogP contribution in [0.2, 0.25) is 0 Å². The van der Waals surface area contributed by atoms with Crippen molar-refractivity contribution in [3.63, 3.8) is 0 Å². The molecule has 0 bridgehead atoms. The third kappa shape index (κ3) is 2.76. The highest BCUT2D eigenvalue weighted by atomic mass is 16.7. The van der Waals surface area contributed by atoms with Gasteiger partial charge in [-0.25, -0.2) is 0 Å². The molecule has 1 spiro atoms. The summed E-state index contributed by atoms with van der Waals surface area (Å²) in [5, 5.41) is 0. The van der Waals surface area contributed by atoms with E-state index in [-0.39, 0.29) is 10.8 Å². The van der Waals surface area contributed by atoms with E-state index in [0.29, 0.717) is 0 Å². The lowest BCUT2D eigenvalue weighted by Gasteiger charge is -2.51. The molecule has 2 heteroatoms. The van der Waals surface area contributed by atoms with Crippen LogP contribution in [-0.4, -0.2) is 5.79 Å². The molecule has 27 heavy (non-hydrogen) atoms. The zero-order valence-corrected chi connectivity index (χ0v) is 18.0. The molecule has 2 aromatic carbocycles. The van der Waals surface area contributed by atoms with E-state index in [9.17, 15) is 0 Å². The van der Waals surface area contributed by atoms with Gasteiger partial charge in [-0.15, -0.1) is 0 Å². The molecule has 2 nitrogen and oxygen atoms in total. The summed E-state index contributed by atoms with van der Waals surface area (Å²) in [6.07, 6.45) is 1.71. The normalized spacial score (nSPS) is 24.6. The molecule has 0 radical (unpaired) electrons. The molecule has 1 unspecified atom stereocenters. The van der Waals surface area contributed by atoms with Gasteiger partial charge in [0.2, 0.25) is 0 Å². The van der Waals surface area contributed by atoms with Crippen molar-refractivity contribution < 1.29 is 9.47 Å². The molecular weight excluding hydrogens is 332 g/mol. The number of fused-ring (bicyclic) bond motifs is 2. The van der Waals surface area contributed by atoms with E-state index in [1.54, 1.807) is 0 Å². The predicted octanol–water partition coefficient (Wildman–Crippen LogP) is 6.44. The summed E-state index contributed by atoms with van der Waals surface area (Å²) in [7, 11) is 0. The third-order valence-corrected chi connectivity index (χ3v) is 6.74. The Balaban J connectivity index is 1.87. The maximum absolute atomic E-state index is 6.75. The fourth-order valence-corrected chi connectivity index (χ4v) is 5.01. The Morgan fingerprint density at radius 2 is 1.30 bits per heavy atom. The number of ether oxygens (including phenoxy) is 2. The van der Waals surface area contributed by atoms with Crippen molar-refractivity contribution in [2.45, 2.75) is 84.8 Å². The highest BCUT2D eigenvalue weighted by molar-refractivity contribution is 5.52. The summed E-state index contributed by atoms with van der Waals surface area (Å²) in [5.74, 6) is 1.39. The molecule has 1 atom stereocenters. The first-order valence-electron chi connectivity index (χ1n) is 10.0. The molecule has 0 aromatic heterocycles. The third-order valence-electron chi connectivity index (χ3n) is 6.74. The fourth-order valence-electron chi connectivity index (χ4n) is 5.01. The molecule has 0 N–H and O–H groups in total. The first kappa shape index (κ1) is 18.4. The van der Waals surface area contributed by atoms with Gasteiger partial charge in [0.05, 0.1) is 0 Å². The van der Waals surface area contributed by atoms with Crippen LogP contribution in [0, 0.1) is 27.7 Å². The zero-order chi connectivity index (χ0) is 19.8. The lowest BCUT2D eigenvalue weighted by atomic mass is 9.68. The predicted molar refractivity (Wildman–Crippen MR) is 111 cm³/mol. The van der Waals surface area contributed by atoms with Crippen molar-refractivity contribution >= 4 is 0 Å². The number of benzene rings is 2. The van der Waals surface area contributed by atoms with Crippen LogP contribution < -0.4 is 9.47 Å². The van der Waals surface area contributed by atoms with Gasteiger partial charge in [-0.1, -0.05) is 45.9 Å². The van der Waals surface area contributed by atoms with Crippen molar-refractivity contribution in [2.24, 2.45) is 0 Å². The number of aryl methyl sites for hydroxylation is 3. The van der Waals surface area contributed by atoms with Gasteiger partial charge in [0.25, 0.3) is 5.79 Å². The van der Waals surface area contributed by atoms with Crippen LogP contribution >= 0.6 is 0 Å². The van der Waals surface area contributed by atoms with E-state index in [1.807, 2.05) is 0 Å². The SMILES string of the molecule is Cc1cc2c(cc1C)C(C)(C)CC1(CC(C)(C)c3ccc(C)c(C)c3O1)O2. The van der Waals surface area contributed by atoms with Gasteiger partial charge in [-0.05, 0) is 56.0 Å². The average Bonchev–Trinajstić information content (AvgIpc) is 2.52. The molecule has 2 aromatic rings. The van der Waals surface area contributed by atoms with Crippen molar-refractivity contribution in [1.29, 1.82) is 0 Å². The maximum atomic E-state index is 6.75. The lowest BCUT2D eigenvalue weighted by molar-refractivity contribution is -0.166. The van der Waals surface area contributed by atoms with Gasteiger partial charge in [0, 0.05) is 34.8 Å². The molecule has 2 aliphatic heterocycles. The molecule has 2 aliphatic rings. The molecule has 0 aliphatic carbocycles. The standard InChI is InChI=1S/C25H32O2/c1-15-9-10-19-22(18(15)4)27-25(13-23(19,5)6)14-24(7,8)20-11-16(2)17(3)12-21(20)26-25/h9-12H,13-14H2,1-8H3. The van der Waals surface area contributed by atoms with E-state index in [1.165, 1.54) is 33.4 Å². The highest BCUT2D eigenvalue weighted by Crippen LogP contribution is 2.54. The smallest absolute Gasteiger partial charge is 0.252 e. The number of hydrogen-bond acceptors (Lipinski definition) is 2. The molecular formula is C25H32O2. The van der Waals surface area contributed by atoms with Crippen LogP contribution in [-0.2, 0) is 10.8 Å². The number of hydrogen-bond donors (Lipinski definition) is 0. The largest absolute Gasteiger partial charge is 0.452 e. The van der Waals surface area contributed by atoms with Crippen LogP contribution in [0.3, 0.4) is 0 Å². The molecule has 2 heterocycles. The molecule has 0 saturated carbocycles. The summed E-state index contributed by atoms with van der Waals surface area (Å²) in [5.41, 5.74) is 7.67. The average molecular weight is 365 g/mol. The molecule has 0 amide bonds. The summed E-state index contributed by atoms with van der Waals surface area (Å²) in [6.45, 7) is 17.9. The Hall–Kier alpha value is -1.96. The van der Waals surface area contributed by atoms with E-state index in [2.05, 4.69) is 79.7 Å². The van der Waals surface area contributed by atoms with Gasteiger partial charge in [0.1, 0.15) is 11.5 Å². The summed E-state index contributed by atoms with van der Waals surface area (Å²) < 4.78 is 13.4. The first-order chi connectivity index (χ1) is 12.4. The van der Waals surface area contributed by atoms with Crippen LogP contribution in [0.4, 0.5) is 0 Å². The van der Waals surface area contributed by atoms with Gasteiger partial charge in [-0.3, -0.25) is 0 Å². The monoisotopic (exact) mass is 364 g/mol. The first-order valence-corrected chi connectivity index (χ1v) is 10.0. The second kappa shape index (κ2) is 5.53. The van der Waals surface area contributed by atoms with Crippen molar-refractivity contribution in [3.05, 3.63) is 57.6 Å². The molecule has 0 fully saturated rings. The van der Waals surface area contributed by atoms with Crippen LogP contribution in [0.5, 0.6) is 11.5 Å². The number of rotatable bonds is 0. The second-order valence-electron chi connectivity index (χ2n) is 10.1. The van der Waals surface area contributed by atoms with Gasteiger partial charge >= 0.3 is 0 Å². The quantitative estimate of drug-likeness (QED) is 0.536. The highest BCUT2D eigenvalue weighted by Gasteiger charge is 2.53. The Morgan fingerprint density at radius 3 is 1.96 bits per heavy atom.